The van der Waals surface area contributed by atoms with Crippen LogP contribution in [0.1, 0.15) is 32.1 Å². The van der Waals surface area contributed by atoms with E-state index in [9.17, 15) is 4.79 Å². The summed E-state index contributed by atoms with van der Waals surface area (Å²) >= 11 is 0. The quantitative estimate of drug-likeness (QED) is 0.875. The van der Waals surface area contributed by atoms with Crippen LogP contribution >= 0.6 is 0 Å². The van der Waals surface area contributed by atoms with E-state index in [0.717, 1.165) is 37.1 Å². The summed E-state index contributed by atoms with van der Waals surface area (Å²) in [5.74, 6) is 2.03. The minimum Gasteiger partial charge on any atom is -0.497 e. The summed E-state index contributed by atoms with van der Waals surface area (Å²) in [6.07, 6.45) is 5.43. The van der Waals surface area contributed by atoms with Crippen molar-refractivity contribution >= 4 is 23.2 Å². The Kier molecular flexibility index (Phi) is 5.25. The van der Waals surface area contributed by atoms with E-state index in [1.165, 1.54) is 6.42 Å². The third-order valence-corrected chi connectivity index (χ3v) is 4.23. The molecule has 126 valence electrons. The van der Waals surface area contributed by atoms with Crippen LogP contribution in [0.15, 0.2) is 36.4 Å². The van der Waals surface area contributed by atoms with Crippen molar-refractivity contribution in [3.05, 3.63) is 36.4 Å². The van der Waals surface area contributed by atoms with Gasteiger partial charge in [0.2, 0.25) is 5.91 Å². The molecular formula is C18H22N4O2. The summed E-state index contributed by atoms with van der Waals surface area (Å²) in [7, 11) is 1.63. The summed E-state index contributed by atoms with van der Waals surface area (Å²) in [4.78, 5) is 12.2. The van der Waals surface area contributed by atoms with Crippen molar-refractivity contribution in [2.75, 3.05) is 17.7 Å². The molecule has 1 saturated carbocycles. The highest BCUT2D eigenvalue weighted by Gasteiger charge is 2.21. The molecule has 1 heterocycles. The number of carbonyl (C=O) groups excluding carboxylic acids is 1. The molecule has 1 aliphatic carbocycles. The molecule has 3 rings (SSSR count). The van der Waals surface area contributed by atoms with Gasteiger partial charge in [-0.3, -0.25) is 4.79 Å². The third-order valence-electron chi connectivity index (χ3n) is 4.23. The van der Waals surface area contributed by atoms with E-state index in [1.807, 2.05) is 24.3 Å². The number of nitrogens with one attached hydrogen (secondary N) is 2. The SMILES string of the molecule is COc1cccc(Nc2ccc(NC(=O)C3CCCCC3)nn2)c1. The Bertz CT molecular complexity index is 682. The smallest absolute Gasteiger partial charge is 0.228 e. The Hall–Kier alpha value is -2.63. The lowest BCUT2D eigenvalue weighted by Gasteiger charge is -2.20. The maximum atomic E-state index is 12.2. The van der Waals surface area contributed by atoms with Gasteiger partial charge in [0.1, 0.15) is 5.75 Å². The molecule has 1 amide bonds. The third kappa shape index (κ3) is 4.22. The van der Waals surface area contributed by atoms with Crippen LogP contribution in [0.4, 0.5) is 17.3 Å². The van der Waals surface area contributed by atoms with Gasteiger partial charge in [-0.05, 0) is 37.1 Å². The van der Waals surface area contributed by atoms with E-state index in [-0.39, 0.29) is 11.8 Å². The van der Waals surface area contributed by atoms with Crippen LogP contribution in [0.2, 0.25) is 0 Å². The molecule has 1 aromatic heterocycles. The van der Waals surface area contributed by atoms with E-state index >= 15 is 0 Å². The number of benzene rings is 1. The van der Waals surface area contributed by atoms with Crippen molar-refractivity contribution < 1.29 is 9.53 Å². The highest BCUT2D eigenvalue weighted by Crippen LogP contribution is 2.25. The first-order valence-corrected chi connectivity index (χ1v) is 8.30. The number of nitrogens with zero attached hydrogens (tertiary/aromatic N) is 2. The highest BCUT2D eigenvalue weighted by molar-refractivity contribution is 5.91. The number of hydrogen-bond acceptors (Lipinski definition) is 5. The van der Waals surface area contributed by atoms with Crippen molar-refractivity contribution in [2.24, 2.45) is 5.92 Å². The van der Waals surface area contributed by atoms with Crippen LogP contribution in [-0.4, -0.2) is 23.2 Å². The number of rotatable bonds is 5. The lowest BCUT2D eigenvalue weighted by Crippen LogP contribution is -2.25. The first-order chi connectivity index (χ1) is 11.7. The van der Waals surface area contributed by atoms with Gasteiger partial charge < -0.3 is 15.4 Å². The predicted octanol–water partition coefficient (Wildman–Crippen LogP) is 3.75. The Morgan fingerprint density at radius 2 is 1.83 bits per heavy atom. The summed E-state index contributed by atoms with van der Waals surface area (Å²) in [5.41, 5.74) is 0.864. The van der Waals surface area contributed by atoms with Crippen molar-refractivity contribution in [3.8, 4) is 5.75 Å². The fourth-order valence-electron chi connectivity index (χ4n) is 2.91. The molecule has 24 heavy (non-hydrogen) atoms. The molecule has 1 aromatic carbocycles. The molecule has 0 saturated heterocycles. The van der Waals surface area contributed by atoms with E-state index in [2.05, 4.69) is 20.8 Å². The molecule has 0 radical (unpaired) electrons. The minimum atomic E-state index is 0.0532. The van der Waals surface area contributed by atoms with Crippen molar-refractivity contribution in [2.45, 2.75) is 32.1 Å². The fraction of sp³-hybridized carbons (Fsp3) is 0.389. The molecule has 0 unspecified atom stereocenters. The molecule has 2 aromatic rings. The summed E-state index contributed by atoms with van der Waals surface area (Å²) < 4.78 is 5.19. The zero-order valence-corrected chi connectivity index (χ0v) is 13.8. The maximum Gasteiger partial charge on any atom is 0.228 e. The van der Waals surface area contributed by atoms with Crippen LogP contribution in [0, 0.1) is 5.92 Å². The van der Waals surface area contributed by atoms with Crippen LogP contribution < -0.4 is 15.4 Å². The van der Waals surface area contributed by atoms with Gasteiger partial charge in [0.25, 0.3) is 0 Å². The molecule has 0 bridgehead atoms. The van der Waals surface area contributed by atoms with Crippen LogP contribution in [-0.2, 0) is 4.79 Å². The Morgan fingerprint density at radius 1 is 1.08 bits per heavy atom. The zero-order chi connectivity index (χ0) is 16.8. The largest absolute Gasteiger partial charge is 0.497 e. The molecule has 0 aliphatic heterocycles. The molecule has 0 spiro atoms. The predicted molar refractivity (Wildman–Crippen MR) is 93.5 cm³/mol. The molecule has 0 atom stereocenters. The summed E-state index contributed by atoms with van der Waals surface area (Å²) in [6.45, 7) is 0. The van der Waals surface area contributed by atoms with Gasteiger partial charge in [-0.15, -0.1) is 10.2 Å². The lowest BCUT2D eigenvalue weighted by molar-refractivity contribution is -0.120. The number of anilines is 3. The summed E-state index contributed by atoms with van der Waals surface area (Å²) in [5, 5.41) is 14.2. The molecular weight excluding hydrogens is 304 g/mol. The fourth-order valence-corrected chi connectivity index (χ4v) is 2.91. The van der Waals surface area contributed by atoms with Gasteiger partial charge in [0.15, 0.2) is 11.6 Å². The number of aromatic nitrogens is 2. The van der Waals surface area contributed by atoms with Gasteiger partial charge in [0, 0.05) is 17.7 Å². The first kappa shape index (κ1) is 16.2. The van der Waals surface area contributed by atoms with Gasteiger partial charge in [-0.25, -0.2) is 0 Å². The minimum absolute atomic E-state index is 0.0532. The van der Waals surface area contributed by atoms with E-state index < -0.39 is 0 Å². The Labute approximate surface area is 141 Å². The van der Waals surface area contributed by atoms with E-state index in [0.29, 0.717) is 11.6 Å². The number of carbonyl (C=O) groups is 1. The molecule has 1 aliphatic rings. The number of hydrogen-bond donors (Lipinski definition) is 2. The molecule has 6 nitrogen and oxygen atoms in total. The van der Waals surface area contributed by atoms with Crippen molar-refractivity contribution in [1.82, 2.24) is 10.2 Å². The van der Waals surface area contributed by atoms with E-state index in [4.69, 9.17) is 4.74 Å². The number of ether oxygens (including phenoxy) is 1. The second-order valence-electron chi connectivity index (χ2n) is 5.98. The molecule has 1 fully saturated rings. The summed E-state index contributed by atoms with van der Waals surface area (Å²) in [6, 6.07) is 11.1. The zero-order valence-electron chi connectivity index (χ0n) is 13.8. The average Bonchev–Trinajstić information content (AvgIpc) is 2.64. The molecule has 2 N–H and O–H groups in total. The molecule has 6 heteroatoms. The number of amides is 1. The second kappa shape index (κ2) is 7.77. The lowest BCUT2D eigenvalue weighted by atomic mass is 9.89. The number of methoxy groups -OCH3 is 1. The normalized spacial score (nSPS) is 14.9. The monoisotopic (exact) mass is 326 g/mol. The van der Waals surface area contributed by atoms with E-state index in [1.54, 1.807) is 19.2 Å². The average molecular weight is 326 g/mol. The van der Waals surface area contributed by atoms with Gasteiger partial charge >= 0.3 is 0 Å². The highest BCUT2D eigenvalue weighted by atomic mass is 16.5. The van der Waals surface area contributed by atoms with Crippen molar-refractivity contribution in [3.63, 3.8) is 0 Å². The standard InChI is InChI=1S/C18H22N4O2/c1-24-15-9-5-8-14(12-15)19-16-10-11-17(22-21-16)20-18(23)13-6-3-2-4-7-13/h5,8-13H,2-4,6-7H2,1H3,(H,19,21)(H,20,22,23). The first-order valence-electron chi connectivity index (χ1n) is 8.30. The topological polar surface area (TPSA) is 76.1 Å². The van der Waals surface area contributed by atoms with Crippen LogP contribution in [0.25, 0.3) is 0 Å². The second-order valence-corrected chi connectivity index (χ2v) is 5.98. The van der Waals surface area contributed by atoms with Gasteiger partial charge in [-0.1, -0.05) is 25.3 Å². The maximum absolute atomic E-state index is 12.2. The van der Waals surface area contributed by atoms with Gasteiger partial charge in [-0.2, -0.15) is 0 Å². The Balaban J connectivity index is 1.59. The Morgan fingerprint density at radius 3 is 2.54 bits per heavy atom. The van der Waals surface area contributed by atoms with Gasteiger partial charge in [0.05, 0.1) is 7.11 Å². The van der Waals surface area contributed by atoms with Crippen LogP contribution in [0.5, 0.6) is 5.75 Å². The van der Waals surface area contributed by atoms with Crippen LogP contribution in [0.3, 0.4) is 0 Å². The van der Waals surface area contributed by atoms with Crippen molar-refractivity contribution in [1.29, 1.82) is 0 Å².